The molecule has 2 heterocycles. The molecule has 2 atom stereocenters. The van der Waals surface area contributed by atoms with E-state index >= 15 is 0 Å². The second-order valence-electron chi connectivity index (χ2n) is 7.40. The number of likely N-dealkylation sites (tertiary alicyclic amines) is 2. The first-order valence-corrected chi connectivity index (χ1v) is 9.10. The average molecular weight is 348 g/mol. The Bertz CT molecular complexity index is 574. The fourth-order valence-corrected chi connectivity index (χ4v) is 3.87. The Kier molecular flexibility index (Phi) is 5.74. The van der Waals surface area contributed by atoms with Gasteiger partial charge >= 0.3 is 0 Å². The number of piperidine rings is 2. The zero-order valence-corrected chi connectivity index (χ0v) is 14.5. The van der Waals surface area contributed by atoms with Gasteiger partial charge in [0.1, 0.15) is 5.60 Å². The van der Waals surface area contributed by atoms with Crippen molar-refractivity contribution in [3.8, 4) is 0 Å². The summed E-state index contributed by atoms with van der Waals surface area (Å²) in [5.74, 6) is 0.225. The topological polar surface area (TPSA) is 84.2 Å². The van der Waals surface area contributed by atoms with Gasteiger partial charge in [0.15, 0.2) is 0 Å². The van der Waals surface area contributed by atoms with Crippen molar-refractivity contribution in [2.75, 3.05) is 39.3 Å². The molecule has 2 aliphatic rings. The predicted octanol–water partition coefficient (Wildman–Crippen LogP) is 0.329. The highest BCUT2D eigenvalue weighted by atomic mass is 16.3. The summed E-state index contributed by atoms with van der Waals surface area (Å²) in [6.07, 6.45) is 1.34. The van der Waals surface area contributed by atoms with Crippen molar-refractivity contribution in [2.24, 2.45) is 5.92 Å². The maximum absolute atomic E-state index is 12.7. The molecule has 0 aliphatic carbocycles. The van der Waals surface area contributed by atoms with E-state index in [0.29, 0.717) is 31.0 Å². The molecule has 3 N–H and O–H groups in total. The second kappa shape index (κ2) is 7.83. The van der Waals surface area contributed by atoms with E-state index in [1.807, 2.05) is 18.2 Å². The Balaban J connectivity index is 1.64. The molecule has 1 aromatic rings. The molecule has 1 aromatic carbocycles. The van der Waals surface area contributed by atoms with Gasteiger partial charge in [-0.05, 0) is 50.4 Å². The standard InChI is InChI=1S/C19H28N2O4/c22-12-15-6-9-20(10-7-15)13-19(25)14-21(11-8-17(19)23)18(24)16-4-2-1-3-5-16/h1-5,15,17,22-23,25H,6-14H2/t17-,19+/m1/s1. The molecule has 0 unspecified atom stereocenters. The van der Waals surface area contributed by atoms with Gasteiger partial charge in [-0.2, -0.15) is 0 Å². The third-order valence-electron chi connectivity index (χ3n) is 5.53. The van der Waals surface area contributed by atoms with Crippen LogP contribution in [0.25, 0.3) is 0 Å². The highest BCUT2D eigenvalue weighted by Crippen LogP contribution is 2.26. The summed E-state index contributed by atoms with van der Waals surface area (Å²) in [6.45, 7) is 2.75. The molecule has 2 aliphatic heterocycles. The third kappa shape index (κ3) is 4.20. The van der Waals surface area contributed by atoms with Crippen LogP contribution in [0.3, 0.4) is 0 Å². The summed E-state index contributed by atoms with van der Waals surface area (Å²) in [5, 5.41) is 30.7. The van der Waals surface area contributed by atoms with Crippen LogP contribution < -0.4 is 0 Å². The zero-order valence-electron chi connectivity index (χ0n) is 14.5. The van der Waals surface area contributed by atoms with Crippen LogP contribution in [-0.2, 0) is 0 Å². The lowest BCUT2D eigenvalue weighted by Gasteiger charge is -2.46. The first-order chi connectivity index (χ1) is 12.0. The van der Waals surface area contributed by atoms with Crippen LogP contribution in [0.1, 0.15) is 29.6 Å². The Labute approximate surface area is 148 Å². The van der Waals surface area contributed by atoms with E-state index in [9.17, 15) is 20.1 Å². The Morgan fingerprint density at radius 2 is 1.80 bits per heavy atom. The van der Waals surface area contributed by atoms with Crippen molar-refractivity contribution in [2.45, 2.75) is 31.0 Å². The summed E-state index contributed by atoms with van der Waals surface area (Å²) < 4.78 is 0. The summed E-state index contributed by atoms with van der Waals surface area (Å²) in [6, 6.07) is 9.05. The van der Waals surface area contributed by atoms with Gasteiger partial charge in [-0.25, -0.2) is 0 Å². The smallest absolute Gasteiger partial charge is 0.253 e. The van der Waals surface area contributed by atoms with Crippen LogP contribution >= 0.6 is 0 Å². The van der Waals surface area contributed by atoms with E-state index in [0.717, 1.165) is 25.9 Å². The summed E-state index contributed by atoms with van der Waals surface area (Å²) in [5.41, 5.74) is -0.709. The molecule has 0 spiro atoms. The lowest BCUT2D eigenvalue weighted by atomic mass is 9.87. The van der Waals surface area contributed by atoms with Crippen molar-refractivity contribution in [1.82, 2.24) is 9.80 Å². The first kappa shape index (κ1) is 18.3. The van der Waals surface area contributed by atoms with Gasteiger partial charge in [0, 0.05) is 25.3 Å². The Morgan fingerprint density at radius 3 is 2.44 bits per heavy atom. The number of hydrogen-bond donors (Lipinski definition) is 3. The molecule has 25 heavy (non-hydrogen) atoms. The SMILES string of the molecule is O=C(c1ccccc1)N1CC[C@@H](O)[C@](O)(CN2CCC(CO)CC2)C1. The van der Waals surface area contributed by atoms with Gasteiger partial charge in [-0.3, -0.25) is 4.79 Å². The van der Waals surface area contributed by atoms with E-state index in [1.165, 1.54) is 0 Å². The van der Waals surface area contributed by atoms with Gasteiger partial charge in [0.05, 0.1) is 12.6 Å². The highest BCUT2D eigenvalue weighted by molar-refractivity contribution is 5.94. The molecule has 6 nitrogen and oxygen atoms in total. The van der Waals surface area contributed by atoms with Gasteiger partial charge in [0.2, 0.25) is 0 Å². The molecule has 2 fully saturated rings. The third-order valence-corrected chi connectivity index (χ3v) is 5.53. The molecule has 3 rings (SSSR count). The lowest BCUT2D eigenvalue weighted by molar-refractivity contribution is -0.129. The lowest BCUT2D eigenvalue weighted by Crippen LogP contribution is -2.63. The molecular formula is C19H28N2O4. The van der Waals surface area contributed by atoms with Gasteiger partial charge in [-0.15, -0.1) is 0 Å². The van der Waals surface area contributed by atoms with Crippen LogP contribution in [-0.4, -0.2) is 82.1 Å². The fourth-order valence-electron chi connectivity index (χ4n) is 3.87. The van der Waals surface area contributed by atoms with Crippen molar-refractivity contribution >= 4 is 5.91 Å². The minimum absolute atomic E-state index is 0.107. The normalized spacial score (nSPS) is 28.9. The average Bonchev–Trinajstić information content (AvgIpc) is 2.65. The highest BCUT2D eigenvalue weighted by Gasteiger charge is 2.44. The molecule has 2 saturated heterocycles. The van der Waals surface area contributed by atoms with Crippen molar-refractivity contribution in [1.29, 1.82) is 0 Å². The number of aliphatic hydroxyl groups excluding tert-OH is 2. The molecule has 6 heteroatoms. The summed E-state index contributed by atoms with van der Waals surface area (Å²) in [7, 11) is 0. The quantitative estimate of drug-likeness (QED) is 0.730. The minimum atomic E-state index is -1.31. The number of benzene rings is 1. The Morgan fingerprint density at radius 1 is 1.12 bits per heavy atom. The molecule has 1 amide bonds. The number of carbonyl (C=O) groups is 1. The van der Waals surface area contributed by atoms with Crippen molar-refractivity contribution in [3.63, 3.8) is 0 Å². The van der Waals surface area contributed by atoms with Crippen LogP contribution in [0.2, 0.25) is 0 Å². The molecule has 138 valence electrons. The number of amides is 1. The number of hydrogen-bond acceptors (Lipinski definition) is 5. The zero-order chi connectivity index (χ0) is 17.9. The number of aliphatic hydroxyl groups is 3. The fraction of sp³-hybridized carbons (Fsp3) is 0.632. The second-order valence-corrected chi connectivity index (χ2v) is 7.40. The molecule has 0 saturated carbocycles. The van der Waals surface area contributed by atoms with E-state index < -0.39 is 11.7 Å². The van der Waals surface area contributed by atoms with Gasteiger partial charge < -0.3 is 25.1 Å². The minimum Gasteiger partial charge on any atom is -0.396 e. The predicted molar refractivity (Wildman–Crippen MR) is 94.2 cm³/mol. The van der Waals surface area contributed by atoms with E-state index in [4.69, 9.17) is 0 Å². The molecule has 0 aromatic heterocycles. The van der Waals surface area contributed by atoms with E-state index in [1.54, 1.807) is 17.0 Å². The summed E-state index contributed by atoms with van der Waals surface area (Å²) in [4.78, 5) is 16.4. The number of β-amino-alcohol motifs (C(OH)–C–C–N with tert-alkyl or cyclic N) is 1. The maximum Gasteiger partial charge on any atom is 0.253 e. The monoisotopic (exact) mass is 348 g/mol. The largest absolute Gasteiger partial charge is 0.396 e. The van der Waals surface area contributed by atoms with Gasteiger partial charge in [-0.1, -0.05) is 18.2 Å². The van der Waals surface area contributed by atoms with E-state index in [-0.39, 0.29) is 19.1 Å². The van der Waals surface area contributed by atoms with Gasteiger partial charge in [0.25, 0.3) is 5.91 Å². The first-order valence-electron chi connectivity index (χ1n) is 9.10. The van der Waals surface area contributed by atoms with Crippen LogP contribution in [0.4, 0.5) is 0 Å². The Hall–Kier alpha value is -1.47. The summed E-state index contributed by atoms with van der Waals surface area (Å²) >= 11 is 0. The molecular weight excluding hydrogens is 320 g/mol. The van der Waals surface area contributed by atoms with Crippen LogP contribution in [0.15, 0.2) is 30.3 Å². The van der Waals surface area contributed by atoms with Crippen molar-refractivity contribution in [3.05, 3.63) is 35.9 Å². The molecule has 0 radical (unpaired) electrons. The maximum atomic E-state index is 12.7. The van der Waals surface area contributed by atoms with E-state index in [2.05, 4.69) is 4.90 Å². The number of nitrogens with zero attached hydrogens (tertiary/aromatic N) is 2. The van der Waals surface area contributed by atoms with Crippen molar-refractivity contribution < 1.29 is 20.1 Å². The number of rotatable bonds is 4. The number of carbonyl (C=O) groups excluding carboxylic acids is 1. The van der Waals surface area contributed by atoms with Crippen LogP contribution in [0, 0.1) is 5.92 Å². The molecule has 0 bridgehead atoms. The van der Waals surface area contributed by atoms with Crippen LogP contribution in [0.5, 0.6) is 0 Å².